The first-order chi connectivity index (χ1) is 19.2. The van der Waals surface area contributed by atoms with Gasteiger partial charge in [0.15, 0.2) is 0 Å². The van der Waals surface area contributed by atoms with Gasteiger partial charge in [-0.3, -0.25) is 4.79 Å². The number of imidazole rings is 1. The molecule has 5 rings (SSSR count). The van der Waals surface area contributed by atoms with Gasteiger partial charge in [-0.25, -0.2) is 0 Å². The van der Waals surface area contributed by atoms with Gasteiger partial charge < -0.3 is 0 Å². The average molecular weight is 638 g/mol. The van der Waals surface area contributed by atoms with Gasteiger partial charge in [-0.1, -0.05) is 18.2 Å². The minimum Gasteiger partial charge on any atom is -0.0622 e. The zero-order chi connectivity index (χ0) is 28.3. The number of unbranched alkanes of at least 4 members (excludes halogenated alkanes) is 1. The van der Waals surface area contributed by atoms with Crippen LogP contribution in [0, 0.1) is 0 Å². The molecule has 0 saturated heterocycles. The van der Waals surface area contributed by atoms with Crippen LogP contribution in [0.3, 0.4) is 0 Å². The first kappa shape index (κ1) is 27.8. The molecule has 0 aliphatic heterocycles. The second-order valence-corrected chi connectivity index (χ2v) is 10.5. The number of benzene rings is 3. The van der Waals surface area contributed by atoms with Crippen molar-refractivity contribution in [2.75, 3.05) is 11.9 Å². The molecule has 209 valence electrons. The summed E-state index contributed by atoms with van der Waals surface area (Å²) in [5.74, 6) is -0.508. The van der Waals surface area contributed by atoms with Crippen molar-refractivity contribution >= 4 is 21.7 Å². The number of hydrogen-bond acceptors (Lipinski definition) is 3. The largest absolute Gasteiger partial charge is 0.0622 e. The van der Waals surface area contributed by atoms with Crippen molar-refractivity contribution in [3.8, 4) is 11.1 Å². The number of fused-ring (bicyclic) bond motifs is 3. The van der Waals surface area contributed by atoms with Crippen molar-refractivity contribution in [1.82, 2.24) is 14.9 Å². The van der Waals surface area contributed by atoms with Crippen LogP contribution in [0.15, 0.2) is 85.3 Å². The normalized spacial score (nSPS) is 15.8. The zero-order valence-electron chi connectivity index (χ0n) is 21.3. The Bertz CT molecular complexity index is 1540. The number of alkyl halides is 3. The average Bonchev–Trinajstić information content (AvgIpc) is 3.51. The summed E-state index contributed by atoms with van der Waals surface area (Å²) in [6.45, 7) is -0.841. The van der Waals surface area contributed by atoms with E-state index < -0.39 is 24.0 Å². The van der Waals surface area contributed by atoms with Crippen LogP contribution in [-0.4, -0.2) is 34.1 Å². The molecule has 0 saturated carbocycles. The topological polar surface area (TPSA) is 76.0 Å². The standard InChI is InChI=1S/C30H26F3N4O2.Pd/c31-30(32,33)19-34-28(39)29(24-14-6-4-12-22(24)23-13-5-7-15-25(23)29)16-8-9-17-37-18-26(35-20-37)36-27(38)21-10-2-1-3-11-21;/h1-7,10-14,18,20H,8-9,16-17,19H2,(H,34,39)(H,36,38);. The third-order valence-electron chi connectivity index (χ3n) is 7.06. The van der Waals surface area contributed by atoms with Crippen LogP contribution in [0.4, 0.5) is 19.0 Å². The molecule has 0 spiro atoms. The van der Waals surface area contributed by atoms with Gasteiger partial charge in [-0.15, -0.1) is 0 Å². The van der Waals surface area contributed by atoms with E-state index in [1.807, 2.05) is 53.1 Å². The molecule has 1 aliphatic rings. The van der Waals surface area contributed by atoms with Gasteiger partial charge in [0.25, 0.3) is 0 Å². The maximum atomic E-state index is 13.7. The molecule has 0 fully saturated rings. The van der Waals surface area contributed by atoms with E-state index in [-0.39, 0.29) is 5.91 Å². The number of nitrogens with zero attached hydrogens (tertiary/aromatic N) is 2. The van der Waals surface area contributed by atoms with Crippen LogP contribution in [0.5, 0.6) is 0 Å². The summed E-state index contributed by atoms with van der Waals surface area (Å²) in [5.41, 5.74) is 2.35. The molecule has 1 aliphatic carbocycles. The van der Waals surface area contributed by atoms with Gasteiger partial charge in [-0.2, -0.15) is 0 Å². The maximum Gasteiger partial charge on any atom is 0.0397 e. The first-order valence-corrected chi connectivity index (χ1v) is 13.6. The van der Waals surface area contributed by atoms with Crippen molar-refractivity contribution in [2.24, 2.45) is 0 Å². The number of nitrogens with one attached hydrogen (secondary N) is 2. The number of anilines is 1. The molecule has 6 nitrogen and oxygen atoms in total. The number of carbonyl (C=O) groups is 2. The van der Waals surface area contributed by atoms with Gasteiger partial charge >= 0.3 is 200 Å². The van der Waals surface area contributed by atoms with Crippen molar-refractivity contribution < 1.29 is 42.0 Å². The maximum absolute atomic E-state index is 13.7. The van der Waals surface area contributed by atoms with Crippen molar-refractivity contribution in [3.05, 3.63) is 102 Å². The molecule has 1 atom stereocenters. The minimum absolute atomic E-state index is 0.261. The van der Waals surface area contributed by atoms with E-state index in [4.69, 9.17) is 0 Å². The Hall–Kier alpha value is -3.74. The summed E-state index contributed by atoms with van der Waals surface area (Å²) in [6, 6.07) is 21.8. The van der Waals surface area contributed by atoms with E-state index in [0.29, 0.717) is 52.4 Å². The van der Waals surface area contributed by atoms with Crippen LogP contribution < -0.4 is 14.7 Å². The molecule has 10 heteroatoms. The second-order valence-electron chi connectivity index (χ2n) is 9.65. The van der Waals surface area contributed by atoms with Crippen molar-refractivity contribution in [1.29, 1.82) is 0 Å². The number of rotatable bonds is 9. The van der Waals surface area contributed by atoms with E-state index >= 15 is 0 Å². The number of hydrogen-bond donors (Lipinski definition) is 2. The Labute approximate surface area is 240 Å². The van der Waals surface area contributed by atoms with Gasteiger partial charge in [0, 0.05) is 5.56 Å². The fourth-order valence-electron chi connectivity index (χ4n) is 5.33. The monoisotopic (exact) mass is 637 g/mol. The molecule has 40 heavy (non-hydrogen) atoms. The Morgan fingerprint density at radius 1 is 0.925 bits per heavy atom. The number of aryl methyl sites for hydroxylation is 1. The van der Waals surface area contributed by atoms with Gasteiger partial charge in [0.05, 0.1) is 0 Å². The summed E-state index contributed by atoms with van der Waals surface area (Å²) in [6.07, 6.45) is 0.338. The van der Waals surface area contributed by atoms with E-state index in [1.54, 1.807) is 36.8 Å². The third-order valence-corrected chi connectivity index (χ3v) is 7.71. The van der Waals surface area contributed by atoms with Gasteiger partial charge in [0.2, 0.25) is 0 Å². The van der Waals surface area contributed by atoms with E-state index in [2.05, 4.69) is 34.8 Å². The van der Waals surface area contributed by atoms with Crippen LogP contribution >= 0.6 is 0 Å². The minimum atomic E-state index is -4.52. The number of halogens is 3. The van der Waals surface area contributed by atoms with Crippen molar-refractivity contribution in [3.63, 3.8) is 0 Å². The predicted octanol–water partition coefficient (Wildman–Crippen LogP) is 5.12. The SMILES string of the molecule is O=C(Nc1cn(CCCCC2(C(=O)NCC(F)(F)F)c3ccccc3-c3ccc[c]([Pd])c32)cn1)c1ccccc1. The van der Waals surface area contributed by atoms with Crippen molar-refractivity contribution in [2.45, 2.75) is 37.4 Å². The smallest absolute Gasteiger partial charge is 0.0397 e. The Morgan fingerprint density at radius 3 is 2.42 bits per heavy atom. The van der Waals surface area contributed by atoms with E-state index in [0.717, 1.165) is 11.1 Å². The summed E-state index contributed by atoms with van der Waals surface area (Å²) in [5, 5.41) is 4.94. The van der Waals surface area contributed by atoms with E-state index in [9.17, 15) is 22.8 Å². The fraction of sp³-hybridized carbons (Fsp3) is 0.233. The molecule has 2 amide bonds. The molecule has 2 N–H and O–H groups in total. The number of amides is 2. The van der Waals surface area contributed by atoms with Gasteiger partial charge in [0.1, 0.15) is 0 Å². The molecule has 0 radical (unpaired) electrons. The van der Waals surface area contributed by atoms with Crippen LogP contribution in [0.2, 0.25) is 0 Å². The number of carbonyl (C=O) groups excluding carboxylic acids is 2. The molecular formula is C30H26F3N4O2Pd. The Kier molecular flexibility index (Phi) is 7.93. The summed E-state index contributed by atoms with van der Waals surface area (Å²) < 4.78 is 41.9. The molecular weight excluding hydrogens is 612 g/mol. The van der Waals surface area contributed by atoms with E-state index in [1.165, 1.54) is 0 Å². The number of aromatic nitrogens is 2. The van der Waals surface area contributed by atoms with Crippen LogP contribution in [0.25, 0.3) is 11.1 Å². The molecule has 1 heterocycles. The molecule has 1 unspecified atom stereocenters. The summed E-state index contributed by atoms with van der Waals surface area (Å²) in [4.78, 5) is 30.4. The zero-order valence-corrected chi connectivity index (χ0v) is 22.8. The molecule has 1 aromatic heterocycles. The van der Waals surface area contributed by atoms with Crippen LogP contribution in [-0.2, 0) is 36.0 Å². The molecule has 4 aromatic rings. The second kappa shape index (κ2) is 11.4. The Balaban J connectivity index is 1.33. The first-order valence-electron chi connectivity index (χ1n) is 12.8. The molecule has 0 bridgehead atoms. The third kappa shape index (κ3) is 5.60. The predicted molar refractivity (Wildman–Crippen MR) is 142 cm³/mol. The van der Waals surface area contributed by atoms with Crippen LogP contribution in [0.1, 0.15) is 40.7 Å². The Morgan fingerprint density at radius 2 is 1.65 bits per heavy atom. The molecule has 3 aromatic carbocycles. The summed E-state index contributed by atoms with van der Waals surface area (Å²) in [7, 11) is 0. The fourth-order valence-corrected chi connectivity index (χ4v) is 6.02. The quantitative estimate of drug-likeness (QED) is 0.198. The summed E-state index contributed by atoms with van der Waals surface area (Å²) >= 11 is 3.24. The van der Waals surface area contributed by atoms with Gasteiger partial charge in [-0.05, 0) is 12.1 Å².